The molecule has 0 radical (unpaired) electrons. The standard InChI is InChI=1S/C24H19Cl2F3N2O2S/c1-23(2,3)20-18(13-8-9-14(25)15(26)10-13)19-21(30-12-31-22(19)34-20)33-17-7-5-4-6-16(17)32-11-24(27,28)29/h4-10,12H,11H2,1-3H3. The van der Waals surface area contributed by atoms with Gasteiger partial charge < -0.3 is 9.47 Å². The van der Waals surface area contributed by atoms with Crippen molar-refractivity contribution in [1.29, 1.82) is 0 Å². The summed E-state index contributed by atoms with van der Waals surface area (Å²) in [5.41, 5.74) is 1.37. The molecule has 4 aromatic rings. The Bertz CT molecular complexity index is 1350. The maximum absolute atomic E-state index is 12.7. The van der Waals surface area contributed by atoms with Crippen LogP contribution in [0.4, 0.5) is 13.2 Å². The fraction of sp³-hybridized carbons (Fsp3) is 0.250. The summed E-state index contributed by atoms with van der Waals surface area (Å²) in [6.07, 6.45) is -3.12. The third-order valence-electron chi connectivity index (χ3n) is 4.79. The first kappa shape index (κ1) is 24.6. The van der Waals surface area contributed by atoms with E-state index in [1.807, 2.05) is 6.07 Å². The molecule has 2 aromatic carbocycles. The van der Waals surface area contributed by atoms with Crippen LogP contribution in [-0.4, -0.2) is 22.8 Å². The summed E-state index contributed by atoms with van der Waals surface area (Å²) in [6, 6.07) is 11.5. The molecule has 0 bridgehead atoms. The Morgan fingerprint density at radius 1 is 0.941 bits per heavy atom. The predicted octanol–water partition coefficient (Wildman–Crippen LogP) is 8.70. The summed E-state index contributed by atoms with van der Waals surface area (Å²) in [7, 11) is 0. The van der Waals surface area contributed by atoms with E-state index >= 15 is 0 Å². The lowest BCUT2D eigenvalue weighted by Gasteiger charge is -2.19. The average Bonchev–Trinajstić information content (AvgIpc) is 3.16. The van der Waals surface area contributed by atoms with Gasteiger partial charge >= 0.3 is 6.18 Å². The summed E-state index contributed by atoms with van der Waals surface area (Å²) in [5.74, 6) is 0.255. The van der Waals surface area contributed by atoms with Gasteiger partial charge in [0.05, 0.1) is 15.4 Å². The molecule has 0 N–H and O–H groups in total. The van der Waals surface area contributed by atoms with Crippen LogP contribution in [0.25, 0.3) is 21.3 Å². The van der Waals surface area contributed by atoms with E-state index in [0.29, 0.717) is 20.3 Å². The summed E-state index contributed by atoms with van der Waals surface area (Å²) >= 11 is 13.9. The van der Waals surface area contributed by atoms with Crippen molar-refractivity contribution >= 4 is 44.8 Å². The largest absolute Gasteiger partial charge is 0.480 e. The molecule has 0 aliphatic heterocycles. The number of hydrogen-bond acceptors (Lipinski definition) is 5. The molecular weight excluding hydrogens is 508 g/mol. The van der Waals surface area contributed by atoms with Crippen molar-refractivity contribution < 1.29 is 22.6 Å². The van der Waals surface area contributed by atoms with Crippen LogP contribution in [0.5, 0.6) is 17.4 Å². The molecule has 2 aromatic heterocycles. The molecule has 4 rings (SSSR count). The number of fused-ring (bicyclic) bond motifs is 1. The van der Waals surface area contributed by atoms with Crippen LogP contribution in [0.15, 0.2) is 48.8 Å². The van der Waals surface area contributed by atoms with Gasteiger partial charge in [-0.3, -0.25) is 0 Å². The maximum Gasteiger partial charge on any atom is 0.422 e. The van der Waals surface area contributed by atoms with Crippen molar-refractivity contribution in [3.05, 3.63) is 63.7 Å². The van der Waals surface area contributed by atoms with Crippen molar-refractivity contribution in [2.75, 3.05) is 6.61 Å². The number of rotatable bonds is 5. The lowest BCUT2D eigenvalue weighted by Crippen LogP contribution is -2.19. The van der Waals surface area contributed by atoms with Gasteiger partial charge in [-0.15, -0.1) is 11.3 Å². The van der Waals surface area contributed by atoms with E-state index in [1.165, 1.54) is 29.8 Å². The van der Waals surface area contributed by atoms with E-state index in [4.69, 9.17) is 32.7 Å². The summed E-state index contributed by atoms with van der Waals surface area (Å²) in [5, 5.41) is 1.44. The second-order valence-electron chi connectivity index (χ2n) is 8.50. The number of hydrogen-bond donors (Lipinski definition) is 0. The number of nitrogens with zero attached hydrogens (tertiary/aromatic N) is 2. The number of thiophene rings is 1. The molecule has 0 aliphatic carbocycles. The van der Waals surface area contributed by atoms with Crippen molar-refractivity contribution in [3.8, 4) is 28.5 Å². The third kappa shape index (κ3) is 5.24. The Labute approximate surface area is 208 Å². The highest BCUT2D eigenvalue weighted by Crippen LogP contribution is 2.48. The summed E-state index contributed by atoms with van der Waals surface area (Å²) in [4.78, 5) is 10.4. The van der Waals surface area contributed by atoms with Gasteiger partial charge in [0.15, 0.2) is 18.1 Å². The molecule has 0 amide bonds. The molecule has 0 spiro atoms. The lowest BCUT2D eigenvalue weighted by molar-refractivity contribution is -0.153. The molecule has 0 saturated carbocycles. The van der Waals surface area contributed by atoms with Crippen molar-refractivity contribution in [2.45, 2.75) is 32.4 Å². The van der Waals surface area contributed by atoms with Crippen molar-refractivity contribution in [3.63, 3.8) is 0 Å². The monoisotopic (exact) mass is 526 g/mol. The minimum Gasteiger partial charge on any atom is -0.480 e. The first-order valence-electron chi connectivity index (χ1n) is 10.1. The quantitative estimate of drug-likeness (QED) is 0.261. The Morgan fingerprint density at radius 3 is 2.29 bits per heavy atom. The van der Waals surface area contributed by atoms with Gasteiger partial charge in [0.1, 0.15) is 11.2 Å². The van der Waals surface area contributed by atoms with Crippen LogP contribution < -0.4 is 9.47 Å². The van der Waals surface area contributed by atoms with Gasteiger partial charge in [-0.05, 0) is 35.2 Å². The fourth-order valence-corrected chi connectivity index (χ4v) is 4.87. The smallest absolute Gasteiger partial charge is 0.422 e. The van der Waals surface area contributed by atoms with Crippen LogP contribution >= 0.6 is 34.5 Å². The Morgan fingerprint density at radius 2 is 1.65 bits per heavy atom. The first-order chi connectivity index (χ1) is 15.9. The van der Waals surface area contributed by atoms with Gasteiger partial charge in [0.25, 0.3) is 0 Å². The van der Waals surface area contributed by atoms with Gasteiger partial charge in [0, 0.05) is 10.4 Å². The summed E-state index contributed by atoms with van der Waals surface area (Å²) in [6.45, 7) is 4.79. The lowest BCUT2D eigenvalue weighted by atomic mass is 9.88. The number of aromatic nitrogens is 2. The van der Waals surface area contributed by atoms with Gasteiger partial charge in [0.2, 0.25) is 5.88 Å². The molecule has 2 heterocycles. The minimum absolute atomic E-state index is 0.0473. The van der Waals surface area contributed by atoms with E-state index in [2.05, 4.69) is 30.7 Å². The number of para-hydroxylation sites is 2. The Kier molecular flexibility index (Phi) is 6.68. The minimum atomic E-state index is -4.48. The van der Waals surface area contributed by atoms with Crippen LogP contribution in [0.3, 0.4) is 0 Å². The maximum atomic E-state index is 12.7. The zero-order valence-corrected chi connectivity index (χ0v) is 20.7. The molecule has 0 atom stereocenters. The van der Waals surface area contributed by atoms with Gasteiger partial charge in [-0.25, -0.2) is 9.97 Å². The summed E-state index contributed by atoms with van der Waals surface area (Å²) < 4.78 is 49.2. The molecule has 0 fully saturated rings. The molecule has 0 aliphatic rings. The third-order valence-corrected chi connectivity index (χ3v) is 7.05. The molecule has 10 heteroatoms. The molecule has 4 nitrogen and oxygen atoms in total. The topological polar surface area (TPSA) is 44.2 Å². The van der Waals surface area contributed by atoms with Gasteiger partial charge in [-0.1, -0.05) is 62.2 Å². The molecule has 0 saturated heterocycles. The zero-order valence-electron chi connectivity index (χ0n) is 18.3. The number of benzene rings is 2. The first-order valence-corrected chi connectivity index (χ1v) is 11.7. The fourth-order valence-electron chi connectivity index (χ4n) is 3.36. The highest BCUT2D eigenvalue weighted by molar-refractivity contribution is 7.19. The zero-order chi connectivity index (χ0) is 24.7. The molecular formula is C24H19Cl2F3N2O2S. The van der Waals surface area contributed by atoms with E-state index in [1.54, 1.807) is 24.3 Å². The van der Waals surface area contributed by atoms with E-state index in [-0.39, 0.29) is 22.8 Å². The SMILES string of the molecule is CC(C)(C)c1sc2ncnc(Oc3ccccc3OCC(F)(F)F)c2c1-c1ccc(Cl)c(Cl)c1. The van der Waals surface area contributed by atoms with Crippen LogP contribution in [0, 0.1) is 0 Å². The van der Waals surface area contributed by atoms with Crippen LogP contribution in [0.1, 0.15) is 25.6 Å². The van der Waals surface area contributed by atoms with Crippen LogP contribution in [0.2, 0.25) is 10.0 Å². The predicted molar refractivity (Wildman–Crippen MR) is 130 cm³/mol. The highest BCUT2D eigenvalue weighted by Gasteiger charge is 2.30. The van der Waals surface area contributed by atoms with E-state index in [0.717, 1.165) is 16.0 Å². The second kappa shape index (κ2) is 9.24. The second-order valence-corrected chi connectivity index (χ2v) is 10.3. The normalized spacial score (nSPS) is 12.2. The number of alkyl halides is 3. The van der Waals surface area contributed by atoms with E-state index in [9.17, 15) is 13.2 Å². The van der Waals surface area contributed by atoms with Gasteiger partial charge in [-0.2, -0.15) is 13.2 Å². The van der Waals surface area contributed by atoms with E-state index < -0.39 is 12.8 Å². The van der Waals surface area contributed by atoms with Crippen LogP contribution in [-0.2, 0) is 5.41 Å². The average molecular weight is 527 g/mol. The number of halogens is 5. The van der Waals surface area contributed by atoms with Crippen molar-refractivity contribution in [1.82, 2.24) is 9.97 Å². The highest BCUT2D eigenvalue weighted by atomic mass is 35.5. The van der Waals surface area contributed by atoms with Crippen molar-refractivity contribution in [2.24, 2.45) is 0 Å². The molecule has 178 valence electrons. The number of ether oxygens (including phenoxy) is 2. The molecule has 34 heavy (non-hydrogen) atoms. The Hall–Kier alpha value is -2.55. The molecule has 0 unspecified atom stereocenters. The Balaban J connectivity index is 1.88.